The normalized spacial score (nSPS) is 19.8. The lowest BCUT2D eigenvalue weighted by Crippen LogP contribution is -2.25. The summed E-state index contributed by atoms with van der Waals surface area (Å²) in [6.07, 6.45) is 1.14. The standard InChI is InChI=1S/C14H20N2O4/c1-10-7-12(3-4-14(10)16(17)18)15-11(2)8-20-13-5-6-19-9-13/h3-4,7,11,13,15H,5-6,8-9H2,1-2H3. The molecule has 1 saturated heterocycles. The average molecular weight is 280 g/mol. The first-order valence-electron chi connectivity index (χ1n) is 6.77. The van der Waals surface area contributed by atoms with Crippen molar-refractivity contribution < 1.29 is 14.4 Å². The van der Waals surface area contributed by atoms with E-state index in [4.69, 9.17) is 9.47 Å². The van der Waals surface area contributed by atoms with Gasteiger partial charge in [-0.2, -0.15) is 0 Å². The molecule has 1 aromatic carbocycles. The third-order valence-electron chi connectivity index (χ3n) is 3.28. The van der Waals surface area contributed by atoms with E-state index < -0.39 is 0 Å². The molecular weight excluding hydrogens is 260 g/mol. The molecule has 0 aromatic heterocycles. The number of anilines is 1. The Balaban J connectivity index is 1.85. The third-order valence-corrected chi connectivity index (χ3v) is 3.28. The lowest BCUT2D eigenvalue weighted by molar-refractivity contribution is -0.385. The van der Waals surface area contributed by atoms with E-state index in [0.29, 0.717) is 18.8 Å². The first-order valence-corrected chi connectivity index (χ1v) is 6.77. The van der Waals surface area contributed by atoms with Crippen LogP contribution in [0.1, 0.15) is 18.9 Å². The van der Waals surface area contributed by atoms with Gasteiger partial charge >= 0.3 is 0 Å². The SMILES string of the molecule is Cc1cc(NC(C)COC2CCOC2)ccc1[N+](=O)[O-]. The van der Waals surface area contributed by atoms with Crippen molar-refractivity contribution in [2.75, 3.05) is 25.1 Å². The van der Waals surface area contributed by atoms with Crippen molar-refractivity contribution in [3.63, 3.8) is 0 Å². The van der Waals surface area contributed by atoms with Crippen molar-refractivity contribution in [1.29, 1.82) is 0 Å². The van der Waals surface area contributed by atoms with Gasteiger partial charge in [0, 0.05) is 30.0 Å². The fourth-order valence-corrected chi connectivity index (χ4v) is 2.20. The number of aryl methyl sites for hydroxylation is 1. The number of nitro groups is 1. The predicted molar refractivity (Wildman–Crippen MR) is 76.1 cm³/mol. The summed E-state index contributed by atoms with van der Waals surface area (Å²) in [5, 5.41) is 14.0. The summed E-state index contributed by atoms with van der Waals surface area (Å²) in [5.74, 6) is 0. The predicted octanol–water partition coefficient (Wildman–Crippen LogP) is 2.51. The highest BCUT2D eigenvalue weighted by atomic mass is 16.6. The Morgan fingerprint density at radius 1 is 1.60 bits per heavy atom. The van der Waals surface area contributed by atoms with Gasteiger partial charge < -0.3 is 14.8 Å². The molecule has 6 heteroatoms. The lowest BCUT2D eigenvalue weighted by atomic mass is 10.1. The van der Waals surface area contributed by atoms with Crippen LogP contribution in [0.25, 0.3) is 0 Å². The molecule has 1 aromatic rings. The maximum absolute atomic E-state index is 10.8. The molecule has 2 atom stereocenters. The van der Waals surface area contributed by atoms with Crippen LogP contribution < -0.4 is 5.32 Å². The summed E-state index contributed by atoms with van der Waals surface area (Å²) in [6, 6.07) is 5.17. The monoisotopic (exact) mass is 280 g/mol. The van der Waals surface area contributed by atoms with Crippen LogP contribution >= 0.6 is 0 Å². The average Bonchev–Trinajstić information content (AvgIpc) is 2.89. The molecule has 0 bridgehead atoms. The maximum Gasteiger partial charge on any atom is 0.272 e. The van der Waals surface area contributed by atoms with E-state index in [1.54, 1.807) is 19.1 Å². The second kappa shape index (κ2) is 6.67. The van der Waals surface area contributed by atoms with Gasteiger partial charge in [0.25, 0.3) is 5.69 Å². The number of hydrogen-bond donors (Lipinski definition) is 1. The Morgan fingerprint density at radius 3 is 3.00 bits per heavy atom. The Labute approximate surface area is 118 Å². The van der Waals surface area contributed by atoms with E-state index in [1.165, 1.54) is 6.07 Å². The second-order valence-corrected chi connectivity index (χ2v) is 5.12. The van der Waals surface area contributed by atoms with Crippen molar-refractivity contribution in [3.8, 4) is 0 Å². The molecule has 1 aliphatic rings. The van der Waals surface area contributed by atoms with Crippen LogP contribution in [0.5, 0.6) is 0 Å². The van der Waals surface area contributed by atoms with Crippen LogP contribution in [0.2, 0.25) is 0 Å². The molecule has 1 fully saturated rings. The van der Waals surface area contributed by atoms with Crippen molar-refractivity contribution in [2.45, 2.75) is 32.4 Å². The lowest BCUT2D eigenvalue weighted by Gasteiger charge is -2.18. The minimum absolute atomic E-state index is 0.136. The van der Waals surface area contributed by atoms with Crippen LogP contribution in [-0.4, -0.2) is 36.9 Å². The number of nitro benzene ring substituents is 1. The molecule has 2 unspecified atom stereocenters. The van der Waals surface area contributed by atoms with Crippen LogP contribution in [0.3, 0.4) is 0 Å². The zero-order chi connectivity index (χ0) is 14.5. The first kappa shape index (κ1) is 14.7. The van der Waals surface area contributed by atoms with Gasteiger partial charge in [-0.3, -0.25) is 10.1 Å². The molecule has 1 heterocycles. The van der Waals surface area contributed by atoms with Gasteiger partial charge in [0.15, 0.2) is 0 Å². The highest BCUT2D eigenvalue weighted by Crippen LogP contribution is 2.22. The molecule has 2 rings (SSSR count). The van der Waals surface area contributed by atoms with Gasteiger partial charge in [-0.15, -0.1) is 0 Å². The van der Waals surface area contributed by atoms with Gasteiger partial charge in [0.2, 0.25) is 0 Å². The zero-order valence-electron chi connectivity index (χ0n) is 11.8. The van der Waals surface area contributed by atoms with Gasteiger partial charge in [0.05, 0.1) is 24.2 Å². The van der Waals surface area contributed by atoms with Crippen molar-refractivity contribution in [3.05, 3.63) is 33.9 Å². The van der Waals surface area contributed by atoms with Gasteiger partial charge in [-0.05, 0) is 32.4 Å². The number of benzene rings is 1. The molecule has 6 nitrogen and oxygen atoms in total. The first-order chi connectivity index (χ1) is 9.56. The van der Waals surface area contributed by atoms with Crippen LogP contribution in [0, 0.1) is 17.0 Å². The summed E-state index contributed by atoms with van der Waals surface area (Å²) in [4.78, 5) is 10.4. The van der Waals surface area contributed by atoms with E-state index in [2.05, 4.69) is 5.32 Å². The smallest absolute Gasteiger partial charge is 0.272 e. The molecule has 0 radical (unpaired) electrons. The second-order valence-electron chi connectivity index (χ2n) is 5.12. The van der Waals surface area contributed by atoms with Crippen molar-refractivity contribution in [1.82, 2.24) is 0 Å². The molecule has 20 heavy (non-hydrogen) atoms. The summed E-state index contributed by atoms with van der Waals surface area (Å²) < 4.78 is 11.0. The third kappa shape index (κ3) is 3.91. The van der Waals surface area contributed by atoms with E-state index in [0.717, 1.165) is 18.7 Å². The van der Waals surface area contributed by atoms with Crippen molar-refractivity contribution >= 4 is 11.4 Å². The molecule has 0 amide bonds. The Bertz CT molecular complexity index is 472. The molecule has 0 saturated carbocycles. The number of nitrogens with one attached hydrogen (secondary N) is 1. The van der Waals surface area contributed by atoms with Gasteiger partial charge in [0.1, 0.15) is 0 Å². The fourth-order valence-electron chi connectivity index (χ4n) is 2.20. The summed E-state index contributed by atoms with van der Waals surface area (Å²) in [6.45, 7) is 5.79. The Hall–Kier alpha value is -1.66. The van der Waals surface area contributed by atoms with Crippen LogP contribution in [-0.2, 0) is 9.47 Å². The number of hydrogen-bond acceptors (Lipinski definition) is 5. The van der Waals surface area contributed by atoms with E-state index >= 15 is 0 Å². The number of ether oxygens (including phenoxy) is 2. The van der Waals surface area contributed by atoms with E-state index in [1.807, 2.05) is 6.92 Å². The van der Waals surface area contributed by atoms with Crippen LogP contribution in [0.4, 0.5) is 11.4 Å². The highest BCUT2D eigenvalue weighted by molar-refractivity contribution is 5.53. The van der Waals surface area contributed by atoms with Crippen LogP contribution in [0.15, 0.2) is 18.2 Å². The molecule has 1 N–H and O–H groups in total. The molecule has 110 valence electrons. The largest absolute Gasteiger partial charge is 0.380 e. The molecule has 1 aliphatic heterocycles. The quantitative estimate of drug-likeness (QED) is 0.640. The Kier molecular flexibility index (Phi) is 4.92. The molecule has 0 aliphatic carbocycles. The van der Waals surface area contributed by atoms with Gasteiger partial charge in [-0.1, -0.05) is 0 Å². The summed E-state index contributed by atoms with van der Waals surface area (Å²) in [5.41, 5.74) is 1.66. The van der Waals surface area contributed by atoms with Gasteiger partial charge in [-0.25, -0.2) is 0 Å². The maximum atomic E-state index is 10.8. The summed E-state index contributed by atoms with van der Waals surface area (Å²) in [7, 11) is 0. The molecule has 0 spiro atoms. The van der Waals surface area contributed by atoms with E-state index in [-0.39, 0.29) is 22.8 Å². The van der Waals surface area contributed by atoms with Crippen molar-refractivity contribution in [2.24, 2.45) is 0 Å². The highest BCUT2D eigenvalue weighted by Gasteiger charge is 2.17. The minimum atomic E-state index is -0.369. The molecular formula is C14H20N2O4. The number of rotatable bonds is 6. The number of nitrogens with zero attached hydrogens (tertiary/aromatic N) is 1. The Morgan fingerprint density at radius 2 is 2.40 bits per heavy atom. The van der Waals surface area contributed by atoms with E-state index in [9.17, 15) is 10.1 Å². The minimum Gasteiger partial charge on any atom is -0.380 e. The topological polar surface area (TPSA) is 73.6 Å². The summed E-state index contributed by atoms with van der Waals surface area (Å²) >= 11 is 0. The zero-order valence-corrected chi connectivity index (χ0v) is 11.8. The fraction of sp³-hybridized carbons (Fsp3) is 0.571.